The molecular formula is C21H18N4O3. The van der Waals surface area contributed by atoms with Gasteiger partial charge in [0.15, 0.2) is 0 Å². The number of pyridine rings is 1. The number of hydrazone groups is 1. The number of carbonyl (C=O) groups excluding carboxylic acids is 1. The van der Waals surface area contributed by atoms with E-state index < -0.39 is 12.0 Å². The summed E-state index contributed by atoms with van der Waals surface area (Å²) in [6.45, 7) is 0. The number of aromatic hydroxyl groups is 1. The summed E-state index contributed by atoms with van der Waals surface area (Å²) in [5.41, 5.74) is 5.61. The van der Waals surface area contributed by atoms with Crippen molar-refractivity contribution in [2.24, 2.45) is 18.1 Å². The Labute approximate surface area is 160 Å². The summed E-state index contributed by atoms with van der Waals surface area (Å²) in [6, 6.07) is 14.0. The van der Waals surface area contributed by atoms with Crippen molar-refractivity contribution >= 4 is 28.2 Å². The van der Waals surface area contributed by atoms with Gasteiger partial charge in [0, 0.05) is 25.0 Å². The monoisotopic (exact) mass is 374 g/mol. The van der Waals surface area contributed by atoms with Gasteiger partial charge in [0.05, 0.1) is 28.5 Å². The molecule has 0 spiro atoms. The zero-order valence-corrected chi connectivity index (χ0v) is 15.4. The van der Waals surface area contributed by atoms with E-state index in [0.29, 0.717) is 16.6 Å². The third kappa shape index (κ3) is 2.01. The van der Waals surface area contributed by atoms with Crippen LogP contribution in [0.15, 0.2) is 58.4 Å². The van der Waals surface area contributed by atoms with Crippen LogP contribution in [0.4, 0.5) is 5.69 Å². The number of aromatic nitrogens is 1. The van der Waals surface area contributed by atoms with Crippen LogP contribution >= 0.6 is 0 Å². The number of aryl methyl sites for hydroxylation is 1. The van der Waals surface area contributed by atoms with Crippen molar-refractivity contribution in [3.05, 3.63) is 70.0 Å². The smallest absolute Gasteiger partial charge is 0.259 e. The van der Waals surface area contributed by atoms with E-state index >= 15 is 0 Å². The molecule has 140 valence electrons. The average molecular weight is 374 g/mol. The van der Waals surface area contributed by atoms with Gasteiger partial charge >= 0.3 is 0 Å². The van der Waals surface area contributed by atoms with E-state index in [0.717, 1.165) is 11.3 Å². The van der Waals surface area contributed by atoms with Crippen molar-refractivity contribution in [2.45, 2.75) is 6.04 Å². The average Bonchev–Trinajstić information content (AvgIpc) is 3.15. The second-order valence-corrected chi connectivity index (χ2v) is 7.14. The van der Waals surface area contributed by atoms with Gasteiger partial charge in [-0.3, -0.25) is 9.59 Å². The summed E-state index contributed by atoms with van der Waals surface area (Å²) in [5.74, 6) is -0.955. The summed E-state index contributed by atoms with van der Waals surface area (Å²) >= 11 is 0. The maximum absolute atomic E-state index is 13.1. The largest absolute Gasteiger partial charge is 0.507 e. The van der Waals surface area contributed by atoms with Crippen LogP contribution in [0.25, 0.3) is 10.9 Å². The van der Waals surface area contributed by atoms with Crippen molar-refractivity contribution in [1.29, 1.82) is 0 Å². The van der Waals surface area contributed by atoms with Crippen LogP contribution in [0, 0.1) is 5.92 Å². The highest BCUT2D eigenvalue weighted by atomic mass is 16.3. The molecule has 7 nitrogen and oxygen atoms in total. The van der Waals surface area contributed by atoms with Gasteiger partial charge in [-0.25, -0.2) is 0 Å². The van der Waals surface area contributed by atoms with Gasteiger partial charge in [0.1, 0.15) is 11.7 Å². The fourth-order valence-electron chi connectivity index (χ4n) is 4.25. The fraction of sp³-hybridized carbons (Fsp3) is 0.190. The van der Waals surface area contributed by atoms with E-state index in [4.69, 9.17) is 0 Å². The van der Waals surface area contributed by atoms with E-state index in [1.807, 2.05) is 30.3 Å². The number of nitrogens with zero attached hydrogens (tertiary/aromatic N) is 3. The van der Waals surface area contributed by atoms with Gasteiger partial charge in [-0.2, -0.15) is 5.10 Å². The van der Waals surface area contributed by atoms with E-state index in [1.165, 1.54) is 4.57 Å². The molecule has 28 heavy (non-hydrogen) atoms. The van der Waals surface area contributed by atoms with Crippen LogP contribution < -0.4 is 15.9 Å². The van der Waals surface area contributed by atoms with E-state index in [2.05, 4.69) is 10.5 Å². The molecule has 3 heterocycles. The van der Waals surface area contributed by atoms with Crippen LogP contribution in [0.1, 0.15) is 17.2 Å². The van der Waals surface area contributed by atoms with Gasteiger partial charge < -0.3 is 20.0 Å². The number of anilines is 1. The minimum absolute atomic E-state index is 0.109. The summed E-state index contributed by atoms with van der Waals surface area (Å²) in [4.78, 5) is 27.8. The zero-order chi connectivity index (χ0) is 19.6. The van der Waals surface area contributed by atoms with E-state index in [-0.39, 0.29) is 22.8 Å². The molecule has 3 aromatic rings. The third-order valence-corrected chi connectivity index (χ3v) is 5.71. The second kappa shape index (κ2) is 5.69. The molecule has 0 radical (unpaired) electrons. The number of rotatable bonds is 1. The molecule has 0 bridgehead atoms. The van der Waals surface area contributed by atoms with Crippen LogP contribution in [0.5, 0.6) is 5.75 Å². The Morgan fingerprint density at radius 1 is 1.04 bits per heavy atom. The summed E-state index contributed by atoms with van der Waals surface area (Å²) < 4.78 is 1.50. The Kier molecular flexibility index (Phi) is 3.37. The lowest BCUT2D eigenvalue weighted by Gasteiger charge is -2.32. The fourth-order valence-corrected chi connectivity index (χ4v) is 4.25. The first kappa shape index (κ1) is 16.6. The first-order chi connectivity index (χ1) is 13.5. The maximum atomic E-state index is 13.1. The molecule has 7 heteroatoms. The van der Waals surface area contributed by atoms with Gasteiger partial charge in [-0.05, 0) is 18.2 Å². The molecule has 2 atom stereocenters. The lowest BCUT2D eigenvalue weighted by molar-refractivity contribution is -0.120. The molecule has 5 rings (SSSR count). The van der Waals surface area contributed by atoms with Gasteiger partial charge in [-0.15, -0.1) is 0 Å². The molecule has 2 aliphatic heterocycles. The maximum Gasteiger partial charge on any atom is 0.259 e. The Morgan fingerprint density at radius 2 is 1.75 bits per heavy atom. The van der Waals surface area contributed by atoms with Gasteiger partial charge in [0.2, 0.25) is 5.91 Å². The van der Waals surface area contributed by atoms with Crippen LogP contribution in [0.2, 0.25) is 0 Å². The minimum Gasteiger partial charge on any atom is -0.507 e. The lowest BCUT2D eigenvalue weighted by Crippen LogP contribution is -2.45. The third-order valence-electron chi connectivity index (χ3n) is 5.71. The van der Waals surface area contributed by atoms with Crippen molar-refractivity contribution in [3.63, 3.8) is 0 Å². The Balaban J connectivity index is 1.72. The SMILES string of the molecule is CN1C(=O)C2C(=NNC2c2c(O)c3ccccc3n(C)c2=O)c2ccccc21. The van der Waals surface area contributed by atoms with Crippen molar-refractivity contribution in [2.75, 3.05) is 11.9 Å². The molecule has 0 fully saturated rings. The van der Waals surface area contributed by atoms with E-state index in [1.54, 1.807) is 37.2 Å². The Bertz CT molecular complexity index is 1240. The highest BCUT2D eigenvalue weighted by Gasteiger charge is 2.47. The normalized spacial score (nSPS) is 20.6. The molecule has 2 aromatic carbocycles. The summed E-state index contributed by atoms with van der Waals surface area (Å²) in [6.07, 6.45) is 0. The van der Waals surface area contributed by atoms with Crippen LogP contribution in [-0.4, -0.2) is 28.3 Å². The number of hydrogen-bond acceptors (Lipinski definition) is 5. The van der Waals surface area contributed by atoms with Gasteiger partial charge in [0.25, 0.3) is 5.56 Å². The number of fused-ring (bicyclic) bond motifs is 4. The molecule has 0 saturated carbocycles. The molecule has 2 aliphatic rings. The summed E-state index contributed by atoms with van der Waals surface area (Å²) in [7, 11) is 3.38. The second-order valence-electron chi connectivity index (χ2n) is 7.14. The number of benzene rings is 2. The Morgan fingerprint density at radius 3 is 2.57 bits per heavy atom. The number of hydrogen-bond donors (Lipinski definition) is 2. The van der Waals surface area contributed by atoms with Crippen molar-refractivity contribution in [1.82, 2.24) is 9.99 Å². The highest BCUT2D eigenvalue weighted by Crippen LogP contribution is 2.41. The predicted molar refractivity (Wildman–Crippen MR) is 107 cm³/mol. The first-order valence-corrected chi connectivity index (χ1v) is 9.01. The van der Waals surface area contributed by atoms with Crippen LogP contribution in [0.3, 0.4) is 0 Å². The quantitative estimate of drug-likeness (QED) is 0.681. The minimum atomic E-state index is -0.735. The zero-order valence-electron chi connectivity index (χ0n) is 15.4. The molecule has 0 aliphatic carbocycles. The molecular weight excluding hydrogens is 356 g/mol. The first-order valence-electron chi connectivity index (χ1n) is 9.01. The van der Waals surface area contributed by atoms with Crippen molar-refractivity contribution < 1.29 is 9.90 Å². The van der Waals surface area contributed by atoms with E-state index in [9.17, 15) is 14.7 Å². The van der Waals surface area contributed by atoms with Gasteiger partial charge in [-0.1, -0.05) is 30.3 Å². The molecule has 0 saturated heterocycles. The number of carbonyl (C=O) groups is 1. The molecule has 1 amide bonds. The molecule has 2 unspecified atom stereocenters. The summed E-state index contributed by atoms with van der Waals surface area (Å²) in [5, 5.41) is 15.9. The van der Waals surface area contributed by atoms with Crippen molar-refractivity contribution in [3.8, 4) is 5.75 Å². The Hall–Kier alpha value is -3.61. The van der Waals surface area contributed by atoms with Crippen LogP contribution in [-0.2, 0) is 11.8 Å². The molecule has 2 N–H and O–H groups in total. The number of nitrogens with one attached hydrogen (secondary N) is 1. The number of para-hydroxylation sites is 2. The lowest BCUT2D eigenvalue weighted by atomic mass is 9.83. The highest BCUT2D eigenvalue weighted by molar-refractivity contribution is 6.24. The topological polar surface area (TPSA) is 86.9 Å². The predicted octanol–water partition coefficient (Wildman–Crippen LogP) is 1.89. The molecule has 1 aromatic heterocycles. The number of amides is 1. The standard InChI is InChI=1S/C21H18N4O3/c1-24-13-9-5-3-7-11(13)17-15(20(24)27)18(23-22-17)16-19(26)12-8-4-6-10-14(12)25(2)21(16)28/h3-10,15,18,23,26H,1-2H3.